The van der Waals surface area contributed by atoms with Gasteiger partial charge in [0.2, 0.25) is 0 Å². The van der Waals surface area contributed by atoms with Gasteiger partial charge in [-0.1, -0.05) is 11.6 Å². The second-order valence-corrected chi connectivity index (χ2v) is 4.22. The van der Waals surface area contributed by atoms with Crippen molar-refractivity contribution in [1.82, 2.24) is 5.32 Å². The third-order valence-corrected chi connectivity index (χ3v) is 3.02. The number of hydrogen-bond acceptors (Lipinski definition) is 4. The number of carbonyl (C=O) groups is 1. The molecular formula is C11H13ClN2O3. The molecule has 1 saturated heterocycles. The molecule has 1 unspecified atom stereocenters. The molecule has 0 bridgehead atoms. The summed E-state index contributed by atoms with van der Waals surface area (Å²) < 4.78 is 10.5. The number of rotatable bonds is 3. The summed E-state index contributed by atoms with van der Waals surface area (Å²) in [6.45, 7) is 0.460. The molecule has 1 aliphatic heterocycles. The highest BCUT2D eigenvalue weighted by atomic mass is 35.5. The number of ether oxygens (including phenoxy) is 2. The second kappa shape index (κ2) is 4.43. The van der Waals surface area contributed by atoms with Gasteiger partial charge in [-0.3, -0.25) is 0 Å². The van der Waals surface area contributed by atoms with Gasteiger partial charge in [0.1, 0.15) is 5.75 Å². The summed E-state index contributed by atoms with van der Waals surface area (Å²) in [4.78, 5) is 11.2. The molecule has 1 fully saturated rings. The lowest BCUT2D eigenvalue weighted by Gasteiger charge is -2.26. The number of cyclic esters (lactones) is 1. The molecule has 0 saturated carbocycles. The first-order valence-electron chi connectivity index (χ1n) is 5.12. The molecule has 17 heavy (non-hydrogen) atoms. The quantitative estimate of drug-likeness (QED) is 0.853. The van der Waals surface area contributed by atoms with Crippen molar-refractivity contribution in [2.45, 2.75) is 5.60 Å². The van der Waals surface area contributed by atoms with Crippen LogP contribution in [0.4, 0.5) is 4.79 Å². The maximum absolute atomic E-state index is 11.2. The molecule has 6 heteroatoms. The Morgan fingerprint density at radius 1 is 1.65 bits per heavy atom. The topological polar surface area (TPSA) is 73.6 Å². The van der Waals surface area contributed by atoms with Gasteiger partial charge in [-0.2, -0.15) is 0 Å². The second-order valence-electron chi connectivity index (χ2n) is 3.79. The molecule has 0 radical (unpaired) electrons. The van der Waals surface area contributed by atoms with E-state index in [2.05, 4.69) is 5.32 Å². The van der Waals surface area contributed by atoms with E-state index in [0.717, 1.165) is 0 Å². The molecule has 1 aliphatic rings. The molecule has 0 aromatic heterocycles. The van der Waals surface area contributed by atoms with Crippen LogP contribution in [0.5, 0.6) is 5.75 Å². The van der Waals surface area contributed by atoms with Gasteiger partial charge in [0.15, 0.2) is 5.60 Å². The monoisotopic (exact) mass is 256 g/mol. The lowest BCUT2D eigenvalue weighted by atomic mass is 9.93. The fraction of sp³-hybridized carbons (Fsp3) is 0.364. The number of carbonyl (C=O) groups excluding carboxylic acids is 1. The van der Waals surface area contributed by atoms with Gasteiger partial charge < -0.3 is 20.5 Å². The largest absolute Gasteiger partial charge is 0.496 e. The average molecular weight is 257 g/mol. The minimum atomic E-state index is -0.909. The number of nitrogens with one attached hydrogen (secondary N) is 1. The molecule has 1 aromatic carbocycles. The fourth-order valence-corrected chi connectivity index (χ4v) is 2.05. The van der Waals surface area contributed by atoms with Crippen molar-refractivity contribution in [2.24, 2.45) is 5.73 Å². The van der Waals surface area contributed by atoms with Crippen LogP contribution in [0.15, 0.2) is 18.2 Å². The maximum Gasteiger partial charge on any atom is 0.408 e. The highest BCUT2D eigenvalue weighted by Crippen LogP contribution is 2.36. The van der Waals surface area contributed by atoms with Gasteiger partial charge >= 0.3 is 6.09 Å². The van der Waals surface area contributed by atoms with Crippen LogP contribution in [0.2, 0.25) is 5.02 Å². The van der Waals surface area contributed by atoms with E-state index in [-0.39, 0.29) is 6.54 Å². The summed E-state index contributed by atoms with van der Waals surface area (Å²) in [5.74, 6) is 0.594. The number of methoxy groups -OCH3 is 1. The van der Waals surface area contributed by atoms with Crippen molar-refractivity contribution in [3.63, 3.8) is 0 Å². The van der Waals surface area contributed by atoms with Gasteiger partial charge in [-0.05, 0) is 18.2 Å². The Morgan fingerprint density at radius 2 is 2.41 bits per heavy atom. The van der Waals surface area contributed by atoms with E-state index in [9.17, 15) is 4.79 Å². The molecule has 0 spiro atoms. The summed E-state index contributed by atoms with van der Waals surface area (Å²) in [5, 5.41) is 3.13. The molecule has 1 aromatic rings. The Balaban J connectivity index is 2.50. The normalized spacial score (nSPS) is 23.1. The third kappa shape index (κ3) is 2.03. The van der Waals surface area contributed by atoms with Crippen LogP contribution in [0.25, 0.3) is 0 Å². The van der Waals surface area contributed by atoms with Crippen molar-refractivity contribution < 1.29 is 14.3 Å². The van der Waals surface area contributed by atoms with Gasteiger partial charge in [-0.15, -0.1) is 0 Å². The summed E-state index contributed by atoms with van der Waals surface area (Å²) >= 11 is 5.95. The lowest BCUT2D eigenvalue weighted by Crippen LogP contribution is -2.39. The molecule has 5 nitrogen and oxygen atoms in total. The van der Waals surface area contributed by atoms with Crippen LogP contribution < -0.4 is 15.8 Å². The minimum absolute atomic E-state index is 0.155. The number of nitrogens with two attached hydrogens (primary N) is 1. The predicted molar refractivity (Wildman–Crippen MR) is 63.2 cm³/mol. The zero-order chi connectivity index (χ0) is 12.5. The molecular weight excluding hydrogens is 244 g/mol. The zero-order valence-electron chi connectivity index (χ0n) is 9.33. The van der Waals surface area contributed by atoms with E-state index in [4.69, 9.17) is 26.8 Å². The van der Waals surface area contributed by atoms with E-state index >= 15 is 0 Å². The molecule has 1 atom stereocenters. The Morgan fingerprint density at radius 3 is 2.94 bits per heavy atom. The van der Waals surface area contributed by atoms with Crippen LogP contribution in [0.3, 0.4) is 0 Å². The molecule has 1 heterocycles. The van der Waals surface area contributed by atoms with Crippen LogP contribution in [-0.2, 0) is 10.3 Å². The maximum atomic E-state index is 11.2. The van der Waals surface area contributed by atoms with Gasteiger partial charge in [0, 0.05) is 17.1 Å². The van der Waals surface area contributed by atoms with Gasteiger partial charge in [0.25, 0.3) is 0 Å². The van der Waals surface area contributed by atoms with E-state index in [1.807, 2.05) is 0 Å². The van der Waals surface area contributed by atoms with Crippen molar-refractivity contribution in [1.29, 1.82) is 0 Å². The predicted octanol–water partition coefficient (Wildman–Crippen LogP) is 1.24. The third-order valence-electron chi connectivity index (χ3n) is 2.79. The van der Waals surface area contributed by atoms with Crippen LogP contribution in [-0.4, -0.2) is 26.3 Å². The first-order chi connectivity index (χ1) is 8.11. The van der Waals surface area contributed by atoms with Crippen molar-refractivity contribution in [3.8, 4) is 5.75 Å². The summed E-state index contributed by atoms with van der Waals surface area (Å²) in [7, 11) is 1.54. The van der Waals surface area contributed by atoms with Crippen molar-refractivity contribution >= 4 is 17.7 Å². The molecule has 3 N–H and O–H groups in total. The Hall–Kier alpha value is -1.46. The van der Waals surface area contributed by atoms with Crippen molar-refractivity contribution in [2.75, 3.05) is 20.2 Å². The standard InChI is InChI=1S/C11H13ClN2O3/c1-16-9-3-2-7(12)4-8(9)11(5-13)6-14-10(15)17-11/h2-4H,5-6,13H2,1H3,(H,14,15). The number of benzene rings is 1. The summed E-state index contributed by atoms with van der Waals surface area (Å²) in [5.41, 5.74) is 5.49. The van der Waals surface area contributed by atoms with Gasteiger partial charge in [0.05, 0.1) is 13.7 Å². The number of alkyl carbamates (subject to hydrolysis) is 1. The highest BCUT2D eigenvalue weighted by Gasteiger charge is 2.43. The van der Waals surface area contributed by atoms with Crippen molar-refractivity contribution in [3.05, 3.63) is 28.8 Å². The Bertz CT molecular complexity index is 452. The number of hydrogen-bond donors (Lipinski definition) is 2. The van der Waals surface area contributed by atoms with E-state index < -0.39 is 11.7 Å². The Labute approximate surface area is 104 Å². The number of halogens is 1. The molecule has 2 rings (SSSR count). The first-order valence-corrected chi connectivity index (χ1v) is 5.50. The average Bonchev–Trinajstić information content (AvgIpc) is 2.72. The van der Waals surface area contributed by atoms with Gasteiger partial charge in [-0.25, -0.2) is 4.79 Å². The van der Waals surface area contributed by atoms with E-state index in [0.29, 0.717) is 22.9 Å². The van der Waals surface area contributed by atoms with Crippen LogP contribution in [0.1, 0.15) is 5.56 Å². The molecule has 92 valence electrons. The Kier molecular flexibility index (Phi) is 3.13. The van der Waals surface area contributed by atoms with E-state index in [1.54, 1.807) is 25.3 Å². The SMILES string of the molecule is COc1ccc(Cl)cc1C1(CN)CNC(=O)O1. The first kappa shape index (κ1) is 12.0. The fourth-order valence-electron chi connectivity index (χ4n) is 1.87. The smallest absolute Gasteiger partial charge is 0.408 e. The highest BCUT2D eigenvalue weighted by molar-refractivity contribution is 6.30. The molecule has 1 amide bonds. The zero-order valence-corrected chi connectivity index (χ0v) is 10.1. The number of amides is 1. The van der Waals surface area contributed by atoms with Crippen LogP contribution in [0, 0.1) is 0 Å². The van der Waals surface area contributed by atoms with Crippen LogP contribution >= 0.6 is 11.6 Å². The summed E-state index contributed by atoms with van der Waals surface area (Å²) in [6.07, 6.45) is -0.488. The van der Waals surface area contributed by atoms with E-state index in [1.165, 1.54) is 0 Å². The lowest BCUT2D eigenvalue weighted by molar-refractivity contribution is 0.0597. The molecule has 0 aliphatic carbocycles. The summed E-state index contributed by atoms with van der Waals surface area (Å²) in [6, 6.07) is 5.13. The minimum Gasteiger partial charge on any atom is -0.496 e.